The third-order valence-electron chi connectivity index (χ3n) is 9.50. The number of aromatic nitrogens is 4. The van der Waals surface area contributed by atoms with Gasteiger partial charge in [-0.05, 0) is 80.9 Å². The Labute approximate surface area is 297 Å². The molecule has 0 radical (unpaired) electrons. The van der Waals surface area contributed by atoms with Crippen LogP contribution in [-0.4, -0.2) is 106 Å². The number of piperidine rings is 1. The molecule has 270 valence electrons. The number of rotatable bonds is 8. The highest BCUT2D eigenvalue weighted by molar-refractivity contribution is 6.05. The fourth-order valence-corrected chi connectivity index (χ4v) is 6.85. The van der Waals surface area contributed by atoms with Crippen LogP contribution in [0.5, 0.6) is 5.75 Å². The number of likely N-dealkylation sites (tertiary alicyclic amines) is 1. The van der Waals surface area contributed by atoms with Crippen molar-refractivity contribution in [3.8, 4) is 16.9 Å². The zero-order valence-electron chi connectivity index (χ0n) is 30.2. The second kappa shape index (κ2) is 14.6. The van der Waals surface area contributed by atoms with Gasteiger partial charge in [0.1, 0.15) is 17.0 Å². The number of carbonyl (C=O) groups is 3. The van der Waals surface area contributed by atoms with Crippen LogP contribution in [0, 0.1) is 5.82 Å². The monoisotopic (exact) mass is 699 g/mol. The topological polar surface area (TPSA) is 126 Å². The van der Waals surface area contributed by atoms with Gasteiger partial charge in [-0.25, -0.2) is 9.18 Å². The molecule has 4 heterocycles. The molecule has 0 unspecified atom stereocenters. The first-order valence-electron chi connectivity index (χ1n) is 17.4. The van der Waals surface area contributed by atoms with E-state index in [9.17, 15) is 14.4 Å². The van der Waals surface area contributed by atoms with Crippen LogP contribution in [0.25, 0.3) is 27.6 Å². The van der Waals surface area contributed by atoms with Crippen LogP contribution < -0.4 is 4.74 Å². The third-order valence-corrected chi connectivity index (χ3v) is 9.50. The molecule has 4 aromatic rings. The van der Waals surface area contributed by atoms with E-state index in [0.29, 0.717) is 60.4 Å². The molecular weight excluding hydrogens is 653 g/mol. The number of benzene rings is 2. The number of nitrogens with zero attached hydrogens (tertiary/aromatic N) is 6. The summed E-state index contributed by atoms with van der Waals surface area (Å²) in [4.78, 5) is 46.9. The molecule has 1 saturated heterocycles. The van der Waals surface area contributed by atoms with E-state index in [0.717, 1.165) is 24.0 Å². The number of aromatic amines is 1. The van der Waals surface area contributed by atoms with Crippen LogP contribution in [0.15, 0.2) is 48.8 Å². The van der Waals surface area contributed by atoms with E-state index < -0.39 is 11.4 Å². The molecule has 12 nitrogen and oxygen atoms in total. The number of carbonyl (C=O) groups excluding carboxylic acids is 3. The molecule has 2 aliphatic heterocycles. The number of H-pyrrole nitrogens is 1. The second-order valence-electron chi connectivity index (χ2n) is 14.4. The Hall–Kier alpha value is -5.20. The van der Waals surface area contributed by atoms with Gasteiger partial charge in [0.05, 0.1) is 25.4 Å². The zero-order valence-corrected chi connectivity index (χ0v) is 30.2. The summed E-state index contributed by atoms with van der Waals surface area (Å²) in [5.74, 6) is 0.0181. The van der Waals surface area contributed by atoms with Crippen molar-refractivity contribution in [1.82, 2.24) is 34.7 Å². The Bertz CT molecular complexity index is 1950. The van der Waals surface area contributed by atoms with Crippen LogP contribution in [0.2, 0.25) is 0 Å². The Morgan fingerprint density at radius 3 is 2.45 bits per heavy atom. The van der Waals surface area contributed by atoms with Gasteiger partial charge in [0.15, 0.2) is 5.82 Å². The number of nitrogens with one attached hydrogen (secondary N) is 1. The van der Waals surface area contributed by atoms with Gasteiger partial charge in [-0.2, -0.15) is 0 Å². The maximum Gasteiger partial charge on any atom is 0.410 e. The number of ether oxygens (including phenoxy) is 2. The van der Waals surface area contributed by atoms with E-state index in [-0.39, 0.29) is 48.0 Å². The van der Waals surface area contributed by atoms with Crippen molar-refractivity contribution in [3.63, 3.8) is 0 Å². The minimum absolute atomic E-state index is 0.0502. The molecule has 0 aliphatic carbocycles. The van der Waals surface area contributed by atoms with Gasteiger partial charge in [-0.1, -0.05) is 23.4 Å². The van der Waals surface area contributed by atoms with Gasteiger partial charge in [0.2, 0.25) is 5.91 Å². The van der Waals surface area contributed by atoms with E-state index in [4.69, 9.17) is 9.47 Å². The quantitative estimate of drug-likeness (QED) is 0.236. The predicted molar refractivity (Wildman–Crippen MR) is 192 cm³/mol. The third kappa shape index (κ3) is 7.77. The molecule has 1 N–H and O–H groups in total. The molecule has 0 spiro atoms. The van der Waals surface area contributed by atoms with Crippen LogP contribution in [0.3, 0.4) is 0 Å². The lowest BCUT2D eigenvalue weighted by atomic mass is 9.87. The van der Waals surface area contributed by atoms with E-state index in [1.54, 1.807) is 54.1 Å². The number of hydrogen-bond acceptors (Lipinski definition) is 7. The number of aryl methyl sites for hydroxylation is 1. The first-order valence-corrected chi connectivity index (χ1v) is 17.4. The predicted octanol–water partition coefficient (Wildman–Crippen LogP) is 6.10. The molecule has 13 heteroatoms. The summed E-state index contributed by atoms with van der Waals surface area (Å²) in [7, 11) is 4.91. The molecule has 1 fully saturated rings. The summed E-state index contributed by atoms with van der Waals surface area (Å²) in [5, 5.41) is 8.29. The molecule has 0 saturated carbocycles. The summed E-state index contributed by atoms with van der Waals surface area (Å²) in [5.41, 5.74) is 3.52. The lowest BCUT2D eigenvalue weighted by molar-refractivity contribution is -0.131. The van der Waals surface area contributed by atoms with Crippen molar-refractivity contribution in [2.45, 2.75) is 64.5 Å². The van der Waals surface area contributed by atoms with Gasteiger partial charge < -0.3 is 29.2 Å². The molecule has 3 amide bonds. The molecular formula is C38H46FN7O5. The Morgan fingerprint density at radius 1 is 1.02 bits per heavy atom. The zero-order chi connectivity index (χ0) is 36.4. The molecule has 6 rings (SSSR count). The molecule has 2 aliphatic rings. The summed E-state index contributed by atoms with van der Waals surface area (Å²) in [6.07, 6.45) is 7.36. The van der Waals surface area contributed by atoms with Crippen molar-refractivity contribution in [3.05, 3.63) is 71.4 Å². The van der Waals surface area contributed by atoms with E-state index in [1.807, 2.05) is 45.0 Å². The second-order valence-corrected chi connectivity index (χ2v) is 14.4. The van der Waals surface area contributed by atoms with Crippen LogP contribution in [0.1, 0.15) is 74.0 Å². The smallest absolute Gasteiger partial charge is 0.410 e. The molecule has 2 aromatic heterocycles. The lowest BCUT2D eigenvalue weighted by Gasteiger charge is -2.33. The molecule has 0 atom stereocenters. The minimum Gasteiger partial charge on any atom is -0.496 e. The first-order chi connectivity index (χ1) is 24.3. The van der Waals surface area contributed by atoms with Gasteiger partial charge in [0, 0.05) is 69.4 Å². The molecule has 51 heavy (non-hydrogen) atoms. The highest BCUT2D eigenvalue weighted by atomic mass is 19.1. The van der Waals surface area contributed by atoms with Gasteiger partial charge >= 0.3 is 6.09 Å². The van der Waals surface area contributed by atoms with Crippen molar-refractivity contribution < 1.29 is 28.2 Å². The molecule has 0 bridgehead atoms. The van der Waals surface area contributed by atoms with Crippen molar-refractivity contribution in [1.29, 1.82) is 0 Å². The highest BCUT2D eigenvalue weighted by Gasteiger charge is 2.29. The van der Waals surface area contributed by atoms with Crippen molar-refractivity contribution >= 4 is 34.4 Å². The largest absolute Gasteiger partial charge is 0.496 e. The number of hydrogen-bond donors (Lipinski definition) is 1. The SMILES string of the molecule is COc1cc(C2CCN(C(=O)OC(C)(C)C)CC2)ccc1-c1cc(C2=CCCN(C(=O)CCn3ccnn3)C2)c(F)c2[nH]c(C(=O)N(C)C)cc12. The fraction of sp³-hybridized carbons (Fsp3) is 0.447. The van der Waals surface area contributed by atoms with E-state index in [2.05, 4.69) is 21.4 Å². The average molecular weight is 700 g/mol. The summed E-state index contributed by atoms with van der Waals surface area (Å²) in [6.45, 7) is 7.96. The standard InChI is InChI=1S/C38H46FN7O5/c1-38(2,3)51-37(49)44-16-11-24(12-17-44)25-9-10-27(32(20-25)50-6)29-21-28(34(39)35-30(29)22-31(41-35)36(48)43(4)5)26-8-7-15-45(23-26)33(47)13-18-46-19-14-40-42-46/h8-10,14,19-22,24,41H,7,11-13,15-18,23H2,1-6H3. The Kier molecular flexibility index (Phi) is 10.2. The highest BCUT2D eigenvalue weighted by Crippen LogP contribution is 2.42. The van der Waals surface area contributed by atoms with E-state index >= 15 is 4.39 Å². The molecule has 2 aromatic carbocycles. The average Bonchev–Trinajstić information content (AvgIpc) is 3.81. The normalized spacial score (nSPS) is 15.5. The summed E-state index contributed by atoms with van der Waals surface area (Å²) >= 11 is 0. The number of halogens is 1. The van der Waals surface area contributed by atoms with Gasteiger partial charge in [-0.15, -0.1) is 5.10 Å². The number of amides is 3. The number of fused-ring (bicyclic) bond motifs is 1. The van der Waals surface area contributed by atoms with Gasteiger partial charge in [0.25, 0.3) is 5.91 Å². The van der Waals surface area contributed by atoms with Crippen molar-refractivity contribution in [2.24, 2.45) is 0 Å². The van der Waals surface area contributed by atoms with Gasteiger partial charge in [-0.3, -0.25) is 14.3 Å². The summed E-state index contributed by atoms with van der Waals surface area (Å²) < 4.78 is 29.7. The van der Waals surface area contributed by atoms with Crippen LogP contribution in [-0.2, 0) is 16.1 Å². The lowest BCUT2D eigenvalue weighted by Crippen LogP contribution is -2.41. The van der Waals surface area contributed by atoms with Crippen molar-refractivity contribution in [2.75, 3.05) is 47.4 Å². The minimum atomic E-state index is -0.549. The summed E-state index contributed by atoms with van der Waals surface area (Å²) in [6, 6.07) is 9.57. The van der Waals surface area contributed by atoms with Crippen LogP contribution in [0.4, 0.5) is 9.18 Å². The maximum atomic E-state index is 16.6. The first kappa shape index (κ1) is 35.6. The fourth-order valence-electron chi connectivity index (χ4n) is 6.85. The van der Waals surface area contributed by atoms with E-state index in [1.165, 1.54) is 4.90 Å². The Morgan fingerprint density at radius 2 is 1.78 bits per heavy atom. The number of methoxy groups -OCH3 is 1. The maximum absolute atomic E-state index is 16.6. The Balaban J connectivity index is 1.32. The van der Waals surface area contributed by atoms with Crippen LogP contribution >= 0.6 is 0 Å².